The number of fused-ring (bicyclic) bond motifs is 3. The van der Waals surface area contributed by atoms with Crippen LogP contribution >= 0.6 is 0 Å². The van der Waals surface area contributed by atoms with Crippen molar-refractivity contribution in [2.24, 2.45) is 0 Å². The summed E-state index contributed by atoms with van der Waals surface area (Å²) in [5, 5.41) is 11.3. The number of hydrogen-bond donors (Lipinski definition) is 2. The van der Waals surface area contributed by atoms with Crippen molar-refractivity contribution in [3.63, 3.8) is 0 Å². The number of hydrogen-bond acceptors (Lipinski definition) is 6. The molecular formula is C14H16N6O2S. The molecule has 0 aliphatic carbocycles. The Bertz CT molecular complexity index is 983. The maximum absolute atomic E-state index is 11.4. The summed E-state index contributed by atoms with van der Waals surface area (Å²) in [5.74, 6) is 0.771. The molecule has 8 nitrogen and oxygen atoms in total. The van der Waals surface area contributed by atoms with Crippen molar-refractivity contribution in [1.29, 1.82) is 0 Å². The van der Waals surface area contributed by atoms with Crippen molar-refractivity contribution in [1.82, 2.24) is 24.9 Å². The minimum absolute atomic E-state index is 0.106. The quantitative estimate of drug-likeness (QED) is 0.729. The molecule has 1 atom stereocenters. The molecule has 3 aromatic rings. The van der Waals surface area contributed by atoms with Gasteiger partial charge in [0.05, 0.1) is 12.5 Å². The number of H-pyrrole nitrogens is 1. The van der Waals surface area contributed by atoms with Gasteiger partial charge in [-0.25, -0.2) is 18.1 Å². The van der Waals surface area contributed by atoms with E-state index in [2.05, 4.69) is 29.8 Å². The van der Waals surface area contributed by atoms with Gasteiger partial charge in [-0.1, -0.05) is 0 Å². The first-order chi connectivity index (χ1) is 11.0. The van der Waals surface area contributed by atoms with Crippen molar-refractivity contribution in [2.75, 3.05) is 24.2 Å². The van der Waals surface area contributed by atoms with E-state index in [0.717, 1.165) is 40.6 Å². The van der Waals surface area contributed by atoms with Gasteiger partial charge in [-0.3, -0.25) is 0 Å². The predicted molar refractivity (Wildman–Crippen MR) is 87.8 cm³/mol. The SMILES string of the molecule is CS(=O)(=O)NC1CCN(c2nncc3cnc4[nH]ccc4c23)C1. The number of rotatable bonds is 3. The minimum Gasteiger partial charge on any atom is -0.353 e. The molecule has 0 radical (unpaired) electrons. The molecule has 4 heterocycles. The Morgan fingerprint density at radius 2 is 2.26 bits per heavy atom. The van der Waals surface area contributed by atoms with Crippen LogP contribution in [-0.4, -0.2) is 54.0 Å². The molecule has 1 fully saturated rings. The average Bonchev–Trinajstić information content (AvgIpc) is 3.13. The van der Waals surface area contributed by atoms with Crippen LogP contribution in [0, 0.1) is 0 Å². The highest BCUT2D eigenvalue weighted by atomic mass is 32.2. The summed E-state index contributed by atoms with van der Waals surface area (Å²) in [4.78, 5) is 9.54. The van der Waals surface area contributed by atoms with E-state index in [9.17, 15) is 8.42 Å². The highest BCUT2D eigenvalue weighted by molar-refractivity contribution is 7.88. The molecule has 0 saturated carbocycles. The lowest BCUT2D eigenvalue weighted by atomic mass is 10.1. The number of aromatic amines is 1. The van der Waals surface area contributed by atoms with E-state index in [1.165, 1.54) is 6.26 Å². The molecule has 120 valence electrons. The average molecular weight is 332 g/mol. The first-order valence-electron chi connectivity index (χ1n) is 7.31. The van der Waals surface area contributed by atoms with Crippen LogP contribution < -0.4 is 9.62 Å². The lowest BCUT2D eigenvalue weighted by Crippen LogP contribution is -2.36. The zero-order chi connectivity index (χ0) is 16.0. The van der Waals surface area contributed by atoms with Crippen LogP contribution in [0.4, 0.5) is 5.82 Å². The van der Waals surface area contributed by atoms with E-state index >= 15 is 0 Å². The number of nitrogens with zero attached hydrogens (tertiary/aromatic N) is 4. The third-order valence-corrected chi connectivity index (χ3v) is 4.82. The Hall–Kier alpha value is -2.26. The van der Waals surface area contributed by atoms with Gasteiger partial charge in [0.2, 0.25) is 10.0 Å². The van der Waals surface area contributed by atoms with Crippen LogP contribution in [0.1, 0.15) is 6.42 Å². The second-order valence-corrected chi connectivity index (χ2v) is 7.60. The van der Waals surface area contributed by atoms with Gasteiger partial charge in [0.25, 0.3) is 0 Å². The molecule has 1 unspecified atom stereocenters. The highest BCUT2D eigenvalue weighted by Crippen LogP contribution is 2.31. The van der Waals surface area contributed by atoms with E-state index in [-0.39, 0.29) is 6.04 Å². The monoisotopic (exact) mass is 332 g/mol. The van der Waals surface area contributed by atoms with Crippen molar-refractivity contribution >= 4 is 37.6 Å². The van der Waals surface area contributed by atoms with Crippen LogP contribution in [-0.2, 0) is 10.0 Å². The zero-order valence-corrected chi connectivity index (χ0v) is 13.3. The van der Waals surface area contributed by atoms with E-state index < -0.39 is 10.0 Å². The van der Waals surface area contributed by atoms with Gasteiger partial charge in [-0.2, -0.15) is 5.10 Å². The van der Waals surface area contributed by atoms with Gasteiger partial charge in [-0.15, -0.1) is 5.10 Å². The molecule has 0 spiro atoms. The minimum atomic E-state index is -3.21. The van der Waals surface area contributed by atoms with Crippen LogP contribution in [0.3, 0.4) is 0 Å². The second kappa shape index (κ2) is 5.14. The molecule has 4 rings (SSSR count). The molecule has 1 aliphatic rings. The first kappa shape index (κ1) is 14.3. The molecule has 3 aromatic heterocycles. The van der Waals surface area contributed by atoms with Gasteiger partial charge < -0.3 is 9.88 Å². The van der Waals surface area contributed by atoms with Crippen molar-refractivity contribution in [3.05, 3.63) is 24.7 Å². The Morgan fingerprint density at radius 1 is 1.39 bits per heavy atom. The number of aromatic nitrogens is 4. The number of pyridine rings is 1. The number of anilines is 1. The van der Waals surface area contributed by atoms with Crippen molar-refractivity contribution in [3.8, 4) is 0 Å². The summed E-state index contributed by atoms with van der Waals surface area (Å²) < 4.78 is 25.5. The molecule has 1 saturated heterocycles. The van der Waals surface area contributed by atoms with Crippen LogP contribution in [0.25, 0.3) is 21.8 Å². The van der Waals surface area contributed by atoms with E-state index in [1.807, 2.05) is 12.3 Å². The van der Waals surface area contributed by atoms with Gasteiger partial charge in [0.1, 0.15) is 5.65 Å². The Kier molecular flexibility index (Phi) is 3.20. The fourth-order valence-corrected chi connectivity index (χ4v) is 3.94. The third-order valence-electron chi connectivity index (χ3n) is 4.06. The lowest BCUT2D eigenvalue weighted by Gasteiger charge is -2.19. The number of nitrogens with one attached hydrogen (secondary N) is 2. The van der Waals surface area contributed by atoms with Crippen LogP contribution in [0.5, 0.6) is 0 Å². The van der Waals surface area contributed by atoms with E-state index in [0.29, 0.717) is 6.54 Å². The summed E-state index contributed by atoms with van der Waals surface area (Å²) in [6.45, 7) is 1.31. The molecule has 23 heavy (non-hydrogen) atoms. The van der Waals surface area contributed by atoms with Gasteiger partial charge >= 0.3 is 0 Å². The summed E-state index contributed by atoms with van der Waals surface area (Å²) in [7, 11) is -3.21. The van der Waals surface area contributed by atoms with Crippen LogP contribution in [0.2, 0.25) is 0 Å². The standard InChI is InChI=1S/C14H16N6O2S/c1-23(21,22)19-10-3-5-20(8-10)14-12-9(7-17-18-14)6-16-13-11(12)2-4-15-13/h2,4,6-7,10,19H,3,5,8H2,1H3,(H,15,16). The molecular weight excluding hydrogens is 316 g/mol. The molecule has 1 aliphatic heterocycles. The topological polar surface area (TPSA) is 104 Å². The fraction of sp³-hybridized carbons (Fsp3) is 0.357. The fourth-order valence-electron chi connectivity index (χ4n) is 3.14. The summed E-state index contributed by atoms with van der Waals surface area (Å²) in [6, 6.07) is 1.86. The first-order valence-corrected chi connectivity index (χ1v) is 9.20. The van der Waals surface area contributed by atoms with Gasteiger partial charge in [-0.05, 0) is 12.5 Å². The zero-order valence-electron chi connectivity index (χ0n) is 12.5. The smallest absolute Gasteiger partial charge is 0.209 e. The molecule has 0 bridgehead atoms. The normalized spacial score (nSPS) is 19.0. The van der Waals surface area contributed by atoms with Gasteiger partial charge in [0, 0.05) is 47.7 Å². The summed E-state index contributed by atoms with van der Waals surface area (Å²) in [6.07, 6.45) is 7.24. The maximum atomic E-state index is 11.4. The largest absolute Gasteiger partial charge is 0.353 e. The Labute approximate surface area is 133 Å². The predicted octanol–water partition coefficient (Wildman–Crippen LogP) is 0.634. The highest BCUT2D eigenvalue weighted by Gasteiger charge is 2.27. The van der Waals surface area contributed by atoms with Crippen LogP contribution in [0.15, 0.2) is 24.7 Å². The van der Waals surface area contributed by atoms with E-state index in [1.54, 1.807) is 12.4 Å². The summed E-state index contributed by atoms with van der Waals surface area (Å²) >= 11 is 0. The molecule has 0 amide bonds. The second-order valence-electron chi connectivity index (χ2n) is 5.82. The van der Waals surface area contributed by atoms with Gasteiger partial charge in [0.15, 0.2) is 5.82 Å². The van der Waals surface area contributed by atoms with Crippen molar-refractivity contribution < 1.29 is 8.42 Å². The lowest BCUT2D eigenvalue weighted by molar-refractivity contribution is 0.567. The Balaban J connectivity index is 1.76. The molecule has 2 N–H and O–H groups in total. The maximum Gasteiger partial charge on any atom is 0.209 e. The third kappa shape index (κ3) is 2.62. The van der Waals surface area contributed by atoms with Crippen molar-refractivity contribution in [2.45, 2.75) is 12.5 Å². The Morgan fingerprint density at radius 3 is 3.09 bits per heavy atom. The van der Waals surface area contributed by atoms with E-state index in [4.69, 9.17) is 0 Å². The summed E-state index contributed by atoms with van der Waals surface area (Å²) in [5.41, 5.74) is 0.803. The molecule has 0 aromatic carbocycles. The number of sulfonamides is 1. The molecule has 9 heteroatoms.